The van der Waals surface area contributed by atoms with Crippen molar-refractivity contribution >= 4 is 15.8 Å². The molecule has 2 saturated carbocycles. The summed E-state index contributed by atoms with van der Waals surface area (Å²) in [6.07, 6.45) is 8.86. The first-order valence-electron chi connectivity index (χ1n) is 9.31. The standard InChI is InChI=1S/C17H31N3O2S/c1-2-18-17(19-11-13-8-9-23(21,22)12-13)20-16-7-6-14-4-3-5-15(14)10-16/h13-16H,2-12H2,1H3,(H2,18,19,20). The number of fused-ring (bicyclic) bond motifs is 1. The average molecular weight is 342 g/mol. The SMILES string of the molecule is CCNC(=NCC1CCS(=O)(=O)C1)NC1CCC2CCCC2C1. The number of guanidine groups is 1. The van der Waals surface area contributed by atoms with Crippen LogP contribution in [0.5, 0.6) is 0 Å². The second kappa shape index (κ2) is 7.41. The number of hydrogen-bond acceptors (Lipinski definition) is 3. The fraction of sp³-hybridized carbons (Fsp3) is 0.941. The van der Waals surface area contributed by atoms with E-state index in [0.717, 1.165) is 30.8 Å². The van der Waals surface area contributed by atoms with Crippen LogP contribution in [0.15, 0.2) is 4.99 Å². The van der Waals surface area contributed by atoms with Crippen LogP contribution in [0.3, 0.4) is 0 Å². The molecule has 3 aliphatic rings. The van der Waals surface area contributed by atoms with E-state index in [1.54, 1.807) is 0 Å². The lowest BCUT2D eigenvalue weighted by atomic mass is 9.79. The summed E-state index contributed by atoms with van der Waals surface area (Å²) in [5, 5.41) is 6.93. The van der Waals surface area contributed by atoms with E-state index in [0.29, 0.717) is 24.1 Å². The van der Waals surface area contributed by atoms with Crippen molar-refractivity contribution in [3.8, 4) is 0 Å². The zero-order valence-electron chi connectivity index (χ0n) is 14.3. The van der Waals surface area contributed by atoms with E-state index >= 15 is 0 Å². The highest BCUT2D eigenvalue weighted by Crippen LogP contribution is 2.42. The van der Waals surface area contributed by atoms with Crippen molar-refractivity contribution in [2.45, 2.75) is 57.9 Å². The molecule has 3 fully saturated rings. The van der Waals surface area contributed by atoms with E-state index < -0.39 is 9.84 Å². The Balaban J connectivity index is 1.52. The van der Waals surface area contributed by atoms with Gasteiger partial charge in [0.05, 0.1) is 11.5 Å². The van der Waals surface area contributed by atoms with E-state index in [1.165, 1.54) is 38.5 Å². The molecular formula is C17H31N3O2S. The topological polar surface area (TPSA) is 70.6 Å². The lowest BCUT2D eigenvalue weighted by Gasteiger charge is -2.33. The maximum absolute atomic E-state index is 11.6. The molecule has 0 amide bonds. The minimum absolute atomic E-state index is 0.195. The van der Waals surface area contributed by atoms with Gasteiger partial charge in [-0.15, -0.1) is 0 Å². The lowest BCUT2D eigenvalue weighted by molar-refractivity contribution is 0.239. The monoisotopic (exact) mass is 341 g/mol. The summed E-state index contributed by atoms with van der Waals surface area (Å²) in [6.45, 7) is 3.53. The number of nitrogens with one attached hydrogen (secondary N) is 2. The predicted octanol–water partition coefficient (Wildman–Crippen LogP) is 1.94. The highest BCUT2D eigenvalue weighted by Gasteiger charge is 2.34. The van der Waals surface area contributed by atoms with Crippen LogP contribution >= 0.6 is 0 Å². The van der Waals surface area contributed by atoms with Gasteiger partial charge in [0, 0.05) is 19.1 Å². The average Bonchev–Trinajstić information content (AvgIpc) is 3.10. The van der Waals surface area contributed by atoms with Crippen LogP contribution in [-0.4, -0.2) is 45.0 Å². The summed E-state index contributed by atoms with van der Waals surface area (Å²) < 4.78 is 23.1. The van der Waals surface area contributed by atoms with Gasteiger partial charge in [-0.25, -0.2) is 8.42 Å². The van der Waals surface area contributed by atoms with Crippen molar-refractivity contribution < 1.29 is 8.42 Å². The molecule has 1 saturated heterocycles. The van der Waals surface area contributed by atoms with Crippen molar-refractivity contribution in [3.05, 3.63) is 0 Å². The molecule has 4 unspecified atom stereocenters. The van der Waals surface area contributed by atoms with Crippen LogP contribution in [0, 0.1) is 17.8 Å². The molecule has 23 heavy (non-hydrogen) atoms. The van der Waals surface area contributed by atoms with E-state index in [2.05, 4.69) is 22.5 Å². The van der Waals surface area contributed by atoms with E-state index in [1.807, 2.05) is 0 Å². The van der Waals surface area contributed by atoms with Crippen LogP contribution < -0.4 is 10.6 Å². The van der Waals surface area contributed by atoms with E-state index in [9.17, 15) is 8.42 Å². The van der Waals surface area contributed by atoms with Gasteiger partial charge in [-0.1, -0.05) is 19.3 Å². The third-order valence-electron chi connectivity index (χ3n) is 5.81. The van der Waals surface area contributed by atoms with Crippen LogP contribution in [0.4, 0.5) is 0 Å². The zero-order valence-corrected chi connectivity index (χ0v) is 15.1. The summed E-state index contributed by atoms with van der Waals surface area (Å²) in [5.41, 5.74) is 0. The number of nitrogens with zero attached hydrogens (tertiary/aromatic N) is 1. The number of aliphatic imine (C=N–C) groups is 1. The molecule has 1 heterocycles. The van der Waals surface area contributed by atoms with Gasteiger partial charge < -0.3 is 10.6 Å². The summed E-state index contributed by atoms with van der Waals surface area (Å²) in [5.74, 6) is 3.59. The molecule has 3 rings (SSSR count). The molecule has 2 aliphatic carbocycles. The van der Waals surface area contributed by atoms with Gasteiger partial charge in [-0.05, 0) is 50.4 Å². The quantitative estimate of drug-likeness (QED) is 0.606. The van der Waals surface area contributed by atoms with Gasteiger partial charge in [0.1, 0.15) is 0 Å². The van der Waals surface area contributed by atoms with Gasteiger partial charge in [-0.3, -0.25) is 4.99 Å². The Morgan fingerprint density at radius 2 is 1.96 bits per heavy atom. The number of rotatable bonds is 4. The molecule has 0 radical (unpaired) electrons. The smallest absolute Gasteiger partial charge is 0.191 e. The lowest BCUT2D eigenvalue weighted by Crippen LogP contribution is -2.46. The number of sulfone groups is 1. The van der Waals surface area contributed by atoms with Gasteiger partial charge in [0.2, 0.25) is 0 Å². The van der Waals surface area contributed by atoms with E-state index in [-0.39, 0.29) is 5.92 Å². The van der Waals surface area contributed by atoms with Crippen molar-refractivity contribution in [1.29, 1.82) is 0 Å². The van der Waals surface area contributed by atoms with E-state index in [4.69, 9.17) is 0 Å². The summed E-state index contributed by atoms with van der Waals surface area (Å²) in [4.78, 5) is 4.67. The molecule has 4 atom stereocenters. The molecule has 0 aromatic heterocycles. The molecule has 0 aromatic rings. The number of hydrogen-bond donors (Lipinski definition) is 2. The van der Waals surface area contributed by atoms with Crippen LogP contribution in [0.25, 0.3) is 0 Å². The Kier molecular flexibility index (Phi) is 5.49. The second-order valence-corrected chi connectivity index (χ2v) is 9.82. The Bertz CT molecular complexity index is 532. The Morgan fingerprint density at radius 3 is 2.70 bits per heavy atom. The van der Waals surface area contributed by atoms with Crippen molar-refractivity contribution in [3.63, 3.8) is 0 Å². The largest absolute Gasteiger partial charge is 0.357 e. The molecule has 0 aromatic carbocycles. The fourth-order valence-corrected chi connectivity index (χ4v) is 6.43. The first-order valence-corrected chi connectivity index (χ1v) is 11.1. The van der Waals surface area contributed by atoms with Crippen LogP contribution in [0.2, 0.25) is 0 Å². The zero-order chi connectivity index (χ0) is 16.3. The molecule has 1 aliphatic heterocycles. The van der Waals surface area contributed by atoms with Crippen molar-refractivity contribution in [2.75, 3.05) is 24.6 Å². The molecular weight excluding hydrogens is 310 g/mol. The third-order valence-corrected chi connectivity index (χ3v) is 7.65. The van der Waals surface area contributed by atoms with Gasteiger partial charge >= 0.3 is 0 Å². The third kappa shape index (κ3) is 4.61. The highest BCUT2D eigenvalue weighted by molar-refractivity contribution is 7.91. The summed E-state index contributed by atoms with van der Waals surface area (Å²) >= 11 is 0. The van der Waals surface area contributed by atoms with Crippen LogP contribution in [0.1, 0.15) is 51.9 Å². The first-order chi connectivity index (χ1) is 11.1. The maximum Gasteiger partial charge on any atom is 0.191 e. The Morgan fingerprint density at radius 1 is 1.13 bits per heavy atom. The van der Waals surface area contributed by atoms with Gasteiger partial charge in [0.25, 0.3) is 0 Å². The maximum atomic E-state index is 11.6. The summed E-state index contributed by atoms with van der Waals surface area (Å²) in [7, 11) is -2.80. The minimum atomic E-state index is -2.80. The fourth-order valence-electron chi connectivity index (χ4n) is 4.58. The predicted molar refractivity (Wildman–Crippen MR) is 94.3 cm³/mol. The molecule has 0 spiro atoms. The van der Waals surface area contributed by atoms with Crippen LogP contribution in [-0.2, 0) is 9.84 Å². The highest BCUT2D eigenvalue weighted by atomic mass is 32.2. The molecule has 2 N–H and O–H groups in total. The normalized spacial score (nSPS) is 36.7. The minimum Gasteiger partial charge on any atom is -0.357 e. The second-order valence-electron chi connectivity index (χ2n) is 7.59. The first kappa shape index (κ1) is 17.1. The van der Waals surface area contributed by atoms with Gasteiger partial charge in [-0.2, -0.15) is 0 Å². The molecule has 5 nitrogen and oxygen atoms in total. The Hall–Kier alpha value is -0.780. The van der Waals surface area contributed by atoms with Gasteiger partial charge in [0.15, 0.2) is 15.8 Å². The molecule has 6 heteroatoms. The van der Waals surface area contributed by atoms with Crippen molar-refractivity contribution in [2.24, 2.45) is 22.7 Å². The Labute approximate surface area is 140 Å². The summed E-state index contributed by atoms with van der Waals surface area (Å²) in [6, 6.07) is 0.527. The molecule has 132 valence electrons. The van der Waals surface area contributed by atoms with Crippen molar-refractivity contribution in [1.82, 2.24) is 10.6 Å². The molecule has 0 bridgehead atoms.